The molecule has 0 spiro atoms. The fraction of sp³-hybridized carbons (Fsp3) is 0.857. The van der Waals surface area contributed by atoms with Gasteiger partial charge in [-0.25, -0.2) is 0 Å². The number of hydrogen-bond acceptors (Lipinski definition) is 7. The molecule has 0 bridgehead atoms. The molecule has 136 valence electrons. The number of aliphatic hydroxyl groups excluding tert-OH is 2. The number of aliphatic hydroxyl groups is 2. The molecule has 8 nitrogen and oxygen atoms in total. The van der Waals surface area contributed by atoms with Gasteiger partial charge in [-0.3, -0.25) is 9.59 Å². The molecule has 1 unspecified atom stereocenters. The van der Waals surface area contributed by atoms with Gasteiger partial charge in [0.25, 0.3) is 0 Å². The van der Waals surface area contributed by atoms with E-state index in [1.165, 1.54) is 13.8 Å². The van der Waals surface area contributed by atoms with Crippen molar-refractivity contribution >= 4 is 22.0 Å². The van der Waals surface area contributed by atoms with Crippen LogP contribution in [0.1, 0.15) is 41.0 Å². The standard InChI is InChI=1S/C14H27NO7S/c1-13(2,3)9-23(20,21)22-10(17)6-7-15-12(19)11(18)14(4,5)8-16/h11,16,18H,6-9H2,1-5H3,(H,15,19). The van der Waals surface area contributed by atoms with Crippen molar-refractivity contribution < 1.29 is 32.4 Å². The summed E-state index contributed by atoms with van der Waals surface area (Å²) in [4.78, 5) is 23.2. The van der Waals surface area contributed by atoms with Crippen LogP contribution in [0.25, 0.3) is 0 Å². The molecule has 0 saturated carbocycles. The first kappa shape index (κ1) is 21.8. The highest BCUT2D eigenvalue weighted by Gasteiger charge is 2.33. The Hall–Kier alpha value is -1.19. The van der Waals surface area contributed by atoms with E-state index in [4.69, 9.17) is 5.11 Å². The van der Waals surface area contributed by atoms with Gasteiger partial charge in [0.15, 0.2) is 0 Å². The van der Waals surface area contributed by atoms with E-state index in [1.807, 2.05) is 0 Å². The van der Waals surface area contributed by atoms with Crippen molar-refractivity contribution in [2.45, 2.75) is 47.1 Å². The molecule has 23 heavy (non-hydrogen) atoms. The lowest BCUT2D eigenvalue weighted by atomic mass is 9.87. The molecule has 0 radical (unpaired) electrons. The maximum absolute atomic E-state index is 11.7. The number of carbonyl (C=O) groups excluding carboxylic acids is 2. The summed E-state index contributed by atoms with van der Waals surface area (Å²) in [6.07, 6.45) is -1.80. The minimum atomic E-state index is -3.98. The fourth-order valence-corrected chi connectivity index (χ4v) is 3.06. The summed E-state index contributed by atoms with van der Waals surface area (Å²) in [6.45, 7) is 7.53. The lowest BCUT2D eigenvalue weighted by molar-refractivity contribution is -0.137. The largest absolute Gasteiger partial charge is 0.396 e. The average Bonchev–Trinajstić information content (AvgIpc) is 2.33. The molecule has 0 rings (SSSR count). The van der Waals surface area contributed by atoms with E-state index in [-0.39, 0.29) is 18.7 Å². The molecule has 0 aromatic rings. The summed E-state index contributed by atoms with van der Waals surface area (Å²) in [5.74, 6) is -2.04. The predicted octanol–water partition coefficient (Wildman–Crippen LogP) is -0.209. The van der Waals surface area contributed by atoms with Crippen LogP contribution in [0.2, 0.25) is 0 Å². The summed E-state index contributed by atoms with van der Waals surface area (Å²) < 4.78 is 27.7. The quantitative estimate of drug-likeness (QED) is 0.515. The fourth-order valence-electron chi connectivity index (χ4n) is 1.57. The van der Waals surface area contributed by atoms with Crippen molar-refractivity contribution in [2.75, 3.05) is 18.9 Å². The lowest BCUT2D eigenvalue weighted by Gasteiger charge is -2.27. The van der Waals surface area contributed by atoms with Crippen LogP contribution in [-0.4, -0.2) is 55.5 Å². The van der Waals surface area contributed by atoms with Crippen molar-refractivity contribution in [3.8, 4) is 0 Å². The van der Waals surface area contributed by atoms with Gasteiger partial charge in [0, 0.05) is 12.0 Å². The highest BCUT2D eigenvalue weighted by atomic mass is 32.2. The molecule has 0 aliphatic carbocycles. The molecule has 0 saturated heterocycles. The second-order valence-electron chi connectivity index (χ2n) is 7.31. The highest BCUT2D eigenvalue weighted by molar-refractivity contribution is 7.87. The monoisotopic (exact) mass is 353 g/mol. The average molecular weight is 353 g/mol. The van der Waals surface area contributed by atoms with E-state index in [0.29, 0.717) is 0 Å². The Bertz CT molecular complexity index is 520. The first-order chi connectivity index (χ1) is 10.2. The van der Waals surface area contributed by atoms with Crippen molar-refractivity contribution in [1.29, 1.82) is 0 Å². The molecule has 3 N–H and O–H groups in total. The SMILES string of the molecule is CC(C)(C)CS(=O)(=O)OC(=O)CCNC(=O)C(O)C(C)(C)CO. The third kappa shape index (κ3) is 8.87. The molecule has 0 aliphatic heterocycles. The van der Waals surface area contributed by atoms with Crippen LogP contribution in [0.4, 0.5) is 0 Å². The van der Waals surface area contributed by atoms with E-state index in [0.717, 1.165) is 0 Å². The summed E-state index contributed by atoms with van der Waals surface area (Å²) in [6, 6.07) is 0. The van der Waals surface area contributed by atoms with Crippen LogP contribution >= 0.6 is 0 Å². The third-order valence-electron chi connectivity index (χ3n) is 2.85. The Morgan fingerprint density at radius 3 is 2.13 bits per heavy atom. The van der Waals surface area contributed by atoms with Gasteiger partial charge in [-0.1, -0.05) is 34.6 Å². The van der Waals surface area contributed by atoms with E-state index in [1.54, 1.807) is 20.8 Å². The lowest BCUT2D eigenvalue weighted by Crippen LogP contribution is -2.46. The normalized spacial score (nSPS) is 14.2. The maximum atomic E-state index is 11.7. The highest BCUT2D eigenvalue weighted by Crippen LogP contribution is 2.19. The Kier molecular flexibility index (Phi) is 7.65. The zero-order valence-electron chi connectivity index (χ0n) is 14.2. The zero-order chi connectivity index (χ0) is 18.5. The topological polar surface area (TPSA) is 130 Å². The summed E-state index contributed by atoms with van der Waals surface area (Å²) in [7, 11) is -3.98. The van der Waals surface area contributed by atoms with E-state index in [9.17, 15) is 23.1 Å². The molecule has 0 heterocycles. The minimum absolute atomic E-state index is 0.179. The van der Waals surface area contributed by atoms with E-state index in [2.05, 4.69) is 9.50 Å². The van der Waals surface area contributed by atoms with Crippen LogP contribution in [0.15, 0.2) is 0 Å². The molecular formula is C14H27NO7S. The van der Waals surface area contributed by atoms with Gasteiger partial charge in [-0.05, 0) is 5.41 Å². The molecule has 0 aromatic heterocycles. The Labute approximate surface area is 137 Å². The van der Waals surface area contributed by atoms with Crippen LogP contribution in [-0.2, 0) is 23.9 Å². The van der Waals surface area contributed by atoms with E-state index >= 15 is 0 Å². The summed E-state index contributed by atoms with van der Waals surface area (Å²) in [5, 5.41) is 21.1. The van der Waals surface area contributed by atoms with Gasteiger partial charge < -0.3 is 19.7 Å². The first-order valence-electron chi connectivity index (χ1n) is 7.22. The van der Waals surface area contributed by atoms with Crippen molar-refractivity contribution in [2.24, 2.45) is 10.8 Å². The van der Waals surface area contributed by atoms with Crippen molar-refractivity contribution in [3.05, 3.63) is 0 Å². The second-order valence-corrected chi connectivity index (χ2v) is 8.88. The molecule has 0 fully saturated rings. The van der Waals surface area contributed by atoms with Crippen molar-refractivity contribution in [1.82, 2.24) is 5.32 Å². The molecule has 1 amide bonds. The number of hydrogen-bond donors (Lipinski definition) is 3. The van der Waals surface area contributed by atoms with Gasteiger partial charge in [-0.15, -0.1) is 0 Å². The Morgan fingerprint density at radius 1 is 1.17 bits per heavy atom. The van der Waals surface area contributed by atoms with Gasteiger partial charge in [0.1, 0.15) is 6.10 Å². The molecular weight excluding hydrogens is 326 g/mol. The third-order valence-corrected chi connectivity index (χ3v) is 4.51. The molecule has 0 aromatic carbocycles. The van der Waals surface area contributed by atoms with Gasteiger partial charge in [-0.2, -0.15) is 8.42 Å². The van der Waals surface area contributed by atoms with E-state index < -0.39 is 45.5 Å². The van der Waals surface area contributed by atoms with Gasteiger partial charge in [0.2, 0.25) is 5.91 Å². The Balaban J connectivity index is 4.35. The van der Waals surface area contributed by atoms with Crippen LogP contribution < -0.4 is 5.32 Å². The van der Waals surface area contributed by atoms with Crippen LogP contribution in [0.5, 0.6) is 0 Å². The minimum Gasteiger partial charge on any atom is -0.396 e. The number of amides is 1. The first-order valence-corrected chi connectivity index (χ1v) is 8.79. The maximum Gasteiger partial charge on any atom is 0.323 e. The Morgan fingerprint density at radius 2 is 1.70 bits per heavy atom. The molecule has 0 aliphatic rings. The number of carbonyl (C=O) groups is 2. The second kappa shape index (κ2) is 8.07. The number of nitrogens with one attached hydrogen (secondary N) is 1. The summed E-state index contributed by atoms with van der Waals surface area (Å²) >= 11 is 0. The zero-order valence-corrected chi connectivity index (χ0v) is 15.1. The number of rotatable bonds is 8. The van der Waals surface area contributed by atoms with Gasteiger partial charge in [0.05, 0.1) is 18.8 Å². The van der Waals surface area contributed by atoms with Gasteiger partial charge >= 0.3 is 16.1 Å². The van der Waals surface area contributed by atoms with Crippen LogP contribution in [0, 0.1) is 10.8 Å². The van der Waals surface area contributed by atoms with Crippen LogP contribution in [0.3, 0.4) is 0 Å². The van der Waals surface area contributed by atoms with Crippen molar-refractivity contribution in [3.63, 3.8) is 0 Å². The predicted molar refractivity (Wildman–Crippen MR) is 83.8 cm³/mol. The summed E-state index contributed by atoms with van der Waals surface area (Å²) in [5.41, 5.74) is -1.58. The smallest absolute Gasteiger partial charge is 0.323 e. The molecule has 1 atom stereocenters. The molecule has 9 heteroatoms.